The van der Waals surface area contributed by atoms with Crippen LogP contribution in [0.2, 0.25) is 0 Å². The Bertz CT molecular complexity index is 2830. The van der Waals surface area contributed by atoms with E-state index in [1.807, 2.05) is 119 Å². The number of hydrogen-bond acceptors (Lipinski definition) is 10. The fourth-order valence-electron chi connectivity index (χ4n) is 9.61. The van der Waals surface area contributed by atoms with Crippen LogP contribution in [0.15, 0.2) is 101 Å². The molecule has 5 N–H and O–H groups in total. The normalized spacial score (nSPS) is 20.6. The van der Waals surface area contributed by atoms with Gasteiger partial charge in [-0.1, -0.05) is 92.8 Å². The molecule has 0 radical (unpaired) electrons. The van der Waals surface area contributed by atoms with E-state index in [0.29, 0.717) is 25.8 Å². The molecule has 4 aromatic carbocycles. The number of rotatable bonds is 13. The number of aryl methyl sites for hydroxylation is 2. The van der Waals surface area contributed by atoms with Gasteiger partial charge in [-0.15, -0.1) is 11.3 Å². The second-order valence-corrected chi connectivity index (χ2v) is 22.0. The van der Waals surface area contributed by atoms with Crippen LogP contribution in [0.3, 0.4) is 0 Å². The third-order valence-electron chi connectivity index (χ3n) is 13.3. The van der Waals surface area contributed by atoms with Crippen molar-refractivity contribution in [3.63, 3.8) is 0 Å². The molecule has 0 saturated carbocycles. The van der Waals surface area contributed by atoms with Gasteiger partial charge in [-0.05, 0) is 96.3 Å². The van der Waals surface area contributed by atoms with E-state index in [0.717, 1.165) is 55.2 Å². The average molecular weight is 957 g/mol. The second-order valence-electron chi connectivity index (χ2n) is 19.2. The lowest BCUT2D eigenvalue weighted by Gasteiger charge is -2.39. The van der Waals surface area contributed by atoms with Crippen molar-refractivity contribution in [3.8, 4) is 33.4 Å². The van der Waals surface area contributed by atoms with E-state index in [-0.39, 0.29) is 61.2 Å². The van der Waals surface area contributed by atoms with Crippen molar-refractivity contribution in [2.75, 3.05) is 25.0 Å². The summed E-state index contributed by atoms with van der Waals surface area (Å²) < 4.78 is 29.7. The van der Waals surface area contributed by atoms with Crippen LogP contribution in [0.25, 0.3) is 21.6 Å². The maximum atomic E-state index is 14.1. The number of aliphatic hydroxyl groups excluding tert-OH is 2. The molecule has 3 amide bonds. The summed E-state index contributed by atoms with van der Waals surface area (Å²) in [7, 11) is -3.81. The number of aliphatic hydroxyl groups is 2. The number of β-amino-alcohol motifs (C(OH)–C–C–N with tert-alkyl or cyclic N) is 1. The van der Waals surface area contributed by atoms with Crippen molar-refractivity contribution in [1.29, 1.82) is 0 Å². The lowest BCUT2D eigenvalue weighted by molar-refractivity contribution is -0.144. The first kappa shape index (κ1) is 48.6. The van der Waals surface area contributed by atoms with Crippen LogP contribution in [0, 0.1) is 37.0 Å². The van der Waals surface area contributed by atoms with Crippen LogP contribution >= 0.6 is 11.3 Å². The number of hydrogen-bond donors (Lipinski definition) is 5. The molecule has 15 heteroatoms. The molecule has 356 valence electrons. The minimum absolute atomic E-state index is 0.00771. The Morgan fingerprint density at radius 2 is 1.71 bits per heavy atom. The van der Waals surface area contributed by atoms with Crippen LogP contribution in [-0.2, 0) is 31.0 Å². The van der Waals surface area contributed by atoms with Gasteiger partial charge in [-0.25, -0.2) is 13.4 Å². The van der Waals surface area contributed by atoms with Crippen molar-refractivity contribution in [3.05, 3.63) is 124 Å². The molecule has 6 atom stereocenters. The SMILES string of the molecule is Cc1ccc(S(=O)(=O)N2CC[C@@H]3[C@H](CO)Nc4ccc(-c5cccc(C#CCCCC(=O)N[C@H](C(=O)N6C[C@H](O)C[C@H]6C(=O)NCc6ccc(-c7scnc7C)cc6)C(C)(C)C)c5)cc4[C@@H]32)cc1. The fourth-order valence-corrected chi connectivity index (χ4v) is 12.1. The zero-order valence-electron chi connectivity index (χ0n) is 39.2. The van der Waals surface area contributed by atoms with Crippen molar-refractivity contribution in [1.82, 2.24) is 24.8 Å². The third-order valence-corrected chi connectivity index (χ3v) is 16.2. The number of likely N-dealkylation sites (tertiary alicyclic amines) is 1. The Labute approximate surface area is 403 Å². The molecule has 68 heavy (non-hydrogen) atoms. The summed E-state index contributed by atoms with van der Waals surface area (Å²) in [5.74, 6) is 5.23. The molecule has 2 saturated heterocycles. The summed E-state index contributed by atoms with van der Waals surface area (Å²) in [4.78, 5) is 48.1. The minimum Gasteiger partial charge on any atom is -0.394 e. The number of fused-ring (bicyclic) bond motifs is 3. The molecule has 8 rings (SSSR count). The molecule has 0 spiro atoms. The van der Waals surface area contributed by atoms with Gasteiger partial charge in [0.1, 0.15) is 12.1 Å². The quantitative estimate of drug-likeness (QED) is 0.0616. The van der Waals surface area contributed by atoms with Gasteiger partial charge in [0.2, 0.25) is 27.7 Å². The van der Waals surface area contributed by atoms with Gasteiger partial charge in [0.15, 0.2) is 0 Å². The molecule has 4 heterocycles. The number of thiazole rings is 1. The molecular weight excluding hydrogens is 897 g/mol. The smallest absolute Gasteiger partial charge is 0.246 e. The molecule has 13 nitrogen and oxygen atoms in total. The fraction of sp³-hybridized carbons (Fsp3) is 0.396. The molecule has 0 bridgehead atoms. The van der Waals surface area contributed by atoms with E-state index in [4.69, 9.17) is 0 Å². The van der Waals surface area contributed by atoms with Crippen LogP contribution < -0.4 is 16.0 Å². The topological polar surface area (TPSA) is 181 Å². The first-order valence-electron chi connectivity index (χ1n) is 23.3. The Morgan fingerprint density at radius 1 is 0.971 bits per heavy atom. The van der Waals surface area contributed by atoms with Gasteiger partial charge >= 0.3 is 0 Å². The number of benzene rings is 4. The maximum absolute atomic E-state index is 14.1. The predicted octanol–water partition coefficient (Wildman–Crippen LogP) is 6.96. The number of carbonyl (C=O) groups excluding carboxylic acids is 3. The first-order chi connectivity index (χ1) is 32.5. The van der Waals surface area contributed by atoms with Crippen molar-refractivity contribution in [2.45, 2.75) is 108 Å². The van der Waals surface area contributed by atoms with E-state index in [1.165, 1.54) is 4.90 Å². The Morgan fingerprint density at radius 3 is 2.41 bits per heavy atom. The predicted molar refractivity (Wildman–Crippen MR) is 265 cm³/mol. The van der Waals surface area contributed by atoms with Gasteiger partial charge < -0.3 is 31.1 Å². The summed E-state index contributed by atoms with van der Waals surface area (Å²) in [6.45, 7) is 9.97. The van der Waals surface area contributed by atoms with Gasteiger partial charge in [0.05, 0.1) is 45.8 Å². The summed E-state index contributed by atoms with van der Waals surface area (Å²) >= 11 is 1.57. The summed E-state index contributed by atoms with van der Waals surface area (Å²) in [6.07, 6.45) is 0.886. The molecule has 5 aromatic rings. The highest BCUT2D eigenvalue weighted by molar-refractivity contribution is 7.89. The lowest BCUT2D eigenvalue weighted by atomic mass is 9.82. The van der Waals surface area contributed by atoms with Crippen LogP contribution in [0.1, 0.15) is 86.9 Å². The summed E-state index contributed by atoms with van der Waals surface area (Å²) in [5, 5.41) is 30.3. The Hall–Kier alpha value is -5.89. The van der Waals surface area contributed by atoms with Gasteiger partial charge in [-0.2, -0.15) is 4.31 Å². The number of carbonyl (C=O) groups is 3. The third kappa shape index (κ3) is 10.5. The Balaban J connectivity index is 0.874. The zero-order valence-corrected chi connectivity index (χ0v) is 40.8. The number of aromatic nitrogens is 1. The highest BCUT2D eigenvalue weighted by Crippen LogP contribution is 2.49. The number of nitrogens with one attached hydrogen (secondary N) is 3. The first-order valence-corrected chi connectivity index (χ1v) is 25.6. The van der Waals surface area contributed by atoms with E-state index >= 15 is 0 Å². The van der Waals surface area contributed by atoms with Crippen molar-refractivity contribution in [2.24, 2.45) is 11.3 Å². The van der Waals surface area contributed by atoms with Gasteiger partial charge in [0, 0.05) is 56.1 Å². The summed E-state index contributed by atoms with van der Waals surface area (Å²) in [5.41, 5.74) is 9.31. The molecule has 1 aromatic heterocycles. The zero-order chi connectivity index (χ0) is 48.3. The number of amides is 3. The van der Waals surface area contributed by atoms with E-state index in [1.54, 1.807) is 27.8 Å². The number of anilines is 1. The standard InChI is InChI=1S/C53H60N6O7S2/c1-33-14-21-41(22-15-33)68(65,66)59-25-24-42-45(31-60)56-44-23-20-39(27-43(44)48(42)59)38-12-9-11-35(26-38)10-7-6-8-13-47(62)57-50(53(3,4)5)52(64)58-30-40(61)28-46(58)51(63)54-29-36-16-18-37(19-17-36)49-34(2)55-32-67-49/h9,11-12,14-23,26-27,32,40,42,45-46,48,50,56,60-61H,6,8,13,24-25,28-31H2,1-5H3,(H,54,63)(H,57,62)/t40-,42-,45+,46+,48-,50-/m1/s1. The van der Waals surface area contributed by atoms with Crippen LogP contribution in [-0.4, -0.2) is 94.5 Å². The number of unbranched alkanes of at least 4 members (excludes halogenated alkanes) is 1. The average Bonchev–Trinajstić information content (AvgIpc) is 4.08. The molecule has 3 aliphatic rings. The van der Waals surface area contributed by atoms with Crippen molar-refractivity contribution >= 4 is 44.8 Å². The highest BCUT2D eigenvalue weighted by Gasteiger charge is 2.49. The molecular formula is C53H60N6O7S2. The monoisotopic (exact) mass is 956 g/mol. The largest absolute Gasteiger partial charge is 0.394 e. The van der Waals surface area contributed by atoms with E-state index < -0.39 is 45.6 Å². The van der Waals surface area contributed by atoms with E-state index in [2.05, 4.69) is 32.8 Å². The van der Waals surface area contributed by atoms with Crippen LogP contribution in [0.4, 0.5) is 5.69 Å². The van der Waals surface area contributed by atoms with Crippen LogP contribution in [0.5, 0.6) is 0 Å². The Kier molecular flexibility index (Phi) is 14.5. The van der Waals surface area contributed by atoms with Crippen molar-refractivity contribution < 1.29 is 33.0 Å². The second kappa shape index (κ2) is 20.4. The van der Waals surface area contributed by atoms with Gasteiger partial charge in [0.25, 0.3) is 0 Å². The maximum Gasteiger partial charge on any atom is 0.246 e. The number of nitrogens with zero attached hydrogens (tertiary/aromatic N) is 3. The number of sulfonamides is 1. The lowest BCUT2D eigenvalue weighted by Crippen LogP contribution is -2.57. The van der Waals surface area contributed by atoms with E-state index in [9.17, 15) is 33.0 Å². The highest BCUT2D eigenvalue weighted by atomic mass is 32.2. The molecule has 2 fully saturated rings. The van der Waals surface area contributed by atoms with Gasteiger partial charge in [-0.3, -0.25) is 14.4 Å². The molecule has 3 aliphatic heterocycles. The molecule has 0 aliphatic carbocycles. The minimum atomic E-state index is -3.81. The molecule has 0 unspecified atom stereocenters. The summed E-state index contributed by atoms with van der Waals surface area (Å²) in [6, 6.07) is 26.1.